The number of oxazole rings is 1. The Kier molecular flexibility index (Phi) is 2.18. The molecule has 2 aromatic rings. The van der Waals surface area contributed by atoms with Crippen molar-refractivity contribution in [3.8, 4) is 0 Å². The van der Waals surface area contributed by atoms with Crippen LogP contribution in [0.1, 0.15) is 30.7 Å². The Labute approximate surface area is 98.3 Å². The van der Waals surface area contributed by atoms with E-state index in [0.29, 0.717) is 12.3 Å². The van der Waals surface area contributed by atoms with Gasteiger partial charge in [-0.1, -0.05) is 13.0 Å². The molecular weight excluding hydrogens is 218 g/mol. The Balaban J connectivity index is 1.95. The summed E-state index contributed by atoms with van der Waals surface area (Å²) in [6.07, 6.45) is 1.60. The molecule has 2 unspecified atom stereocenters. The van der Waals surface area contributed by atoms with Crippen molar-refractivity contribution < 1.29 is 14.3 Å². The molecule has 1 saturated carbocycles. The minimum atomic E-state index is -0.758. The predicted octanol–water partition coefficient (Wildman–Crippen LogP) is 2.58. The second kappa shape index (κ2) is 3.58. The summed E-state index contributed by atoms with van der Waals surface area (Å²) in [7, 11) is 0. The lowest BCUT2D eigenvalue weighted by molar-refractivity contribution is -0.138. The number of nitrogens with zero attached hydrogens (tertiary/aromatic N) is 1. The summed E-state index contributed by atoms with van der Waals surface area (Å²) in [6.45, 7) is 2.09. The molecular formula is C13H13NO3. The second-order valence-corrected chi connectivity index (χ2v) is 4.49. The van der Waals surface area contributed by atoms with E-state index in [2.05, 4.69) is 11.9 Å². The highest BCUT2D eigenvalue weighted by atomic mass is 16.4. The molecule has 4 nitrogen and oxygen atoms in total. The number of fused-ring (bicyclic) bond motifs is 1. The van der Waals surface area contributed by atoms with Gasteiger partial charge in [0.2, 0.25) is 0 Å². The van der Waals surface area contributed by atoms with E-state index in [1.54, 1.807) is 0 Å². The quantitative estimate of drug-likeness (QED) is 0.881. The largest absolute Gasteiger partial charge is 0.481 e. The van der Waals surface area contributed by atoms with E-state index >= 15 is 0 Å². The number of aliphatic carboxylic acids is 1. The van der Waals surface area contributed by atoms with Crippen LogP contribution < -0.4 is 0 Å². The molecule has 88 valence electrons. The predicted molar refractivity (Wildman–Crippen MR) is 61.9 cm³/mol. The topological polar surface area (TPSA) is 63.3 Å². The molecule has 2 atom stereocenters. The van der Waals surface area contributed by atoms with E-state index in [0.717, 1.165) is 17.5 Å². The summed E-state index contributed by atoms with van der Waals surface area (Å²) < 4.78 is 5.60. The molecule has 0 amide bonds. The van der Waals surface area contributed by atoms with Crippen LogP contribution in [0.5, 0.6) is 0 Å². The molecule has 1 aliphatic rings. The summed E-state index contributed by atoms with van der Waals surface area (Å²) in [5.74, 6) is -0.536. The molecule has 0 saturated heterocycles. The lowest BCUT2D eigenvalue weighted by Gasteiger charge is -1.92. The number of hydrogen-bond acceptors (Lipinski definition) is 3. The van der Waals surface area contributed by atoms with Crippen LogP contribution >= 0.6 is 0 Å². The number of benzene rings is 1. The molecule has 1 N–H and O–H groups in total. The molecule has 1 aromatic heterocycles. The highest BCUT2D eigenvalue weighted by Gasteiger charge is 2.47. The Bertz CT molecular complexity index is 587. The van der Waals surface area contributed by atoms with Crippen LogP contribution in [0, 0.1) is 5.92 Å². The maximum atomic E-state index is 10.8. The number of aromatic nitrogens is 1. The number of carboxylic acid groups (broad SMARTS) is 1. The van der Waals surface area contributed by atoms with Crippen LogP contribution in [0.15, 0.2) is 22.6 Å². The third kappa shape index (κ3) is 1.69. The molecule has 3 rings (SSSR count). The van der Waals surface area contributed by atoms with E-state index in [1.165, 1.54) is 5.56 Å². The minimum absolute atomic E-state index is 0.0371. The van der Waals surface area contributed by atoms with Gasteiger partial charge in [-0.2, -0.15) is 0 Å². The van der Waals surface area contributed by atoms with Crippen LogP contribution in [-0.2, 0) is 11.2 Å². The fraction of sp³-hybridized carbons (Fsp3) is 0.385. The maximum Gasteiger partial charge on any atom is 0.307 e. The van der Waals surface area contributed by atoms with Crippen molar-refractivity contribution >= 4 is 17.1 Å². The van der Waals surface area contributed by atoms with Gasteiger partial charge in [0.05, 0.1) is 5.92 Å². The lowest BCUT2D eigenvalue weighted by Crippen LogP contribution is -1.98. The zero-order chi connectivity index (χ0) is 12.0. The first-order valence-electron chi connectivity index (χ1n) is 5.81. The third-order valence-electron chi connectivity index (χ3n) is 3.30. The molecule has 0 aliphatic heterocycles. The van der Waals surface area contributed by atoms with Crippen molar-refractivity contribution in [1.82, 2.24) is 4.98 Å². The molecule has 0 radical (unpaired) electrons. The Hall–Kier alpha value is -1.84. The molecule has 17 heavy (non-hydrogen) atoms. The zero-order valence-corrected chi connectivity index (χ0v) is 9.51. The van der Waals surface area contributed by atoms with Gasteiger partial charge in [0.15, 0.2) is 11.5 Å². The SMILES string of the molecule is CCc1ccc2oc(C3CC3C(=O)O)nc2c1. The molecule has 1 aliphatic carbocycles. The van der Waals surface area contributed by atoms with Crippen LogP contribution in [-0.4, -0.2) is 16.1 Å². The average molecular weight is 231 g/mol. The normalized spacial score (nSPS) is 22.9. The van der Waals surface area contributed by atoms with E-state index in [1.807, 2.05) is 18.2 Å². The lowest BCUT2D eigenvalue weighted by atomic mass is 10.1. The van der Waals surface area contributed by atoms with Crippen molar-refractivity contribution in [1.29, 1.82) is 0 Å². The third-order valence-corrected chi connectivity index (χ3v) is 3.30. The monoisotopic (exact) mass is 231 g/mol. The summed E-state index contributed by atoms with van der Waals surface area (Å²) in [6, 6.07) is 5.92. The van der Waals surface area contributed by atoms with Gasteiger partial charge in [0.1, 0.15) is 5.52 Å². The van der Waals surface area contributed by atoms with Crippen molar-refractivity contribution in [2.45, 2.75) is 25.7 Å². The summed E-state index contributed by atoms with van der Waals surface area (Å²) >= 11 is 0. The molecule has 1 aromatic carbocycles. The van der Waals surface area contributed by atoms with Gasteiger partial charge >= 0.3 is 5.97 Å². The first kappa shape index (κ1) is 10.3. The second-order valence-electron chi connectivity index (χ2n) is 4.49. The van der Waals surface area contributed by atoms with E-state index in [4.69, 9.17) is 9.52 Å². The fourth-order valence-electron chi connectivity index (χ4n) is 2.11. The van der Waals surface area contributed by atoms with Gasteiger partial charge in [-0.25, -0.2) is 4.98 Å². The summed E-state index contributed by atoms with van der Waals surface area (Å²) in [5, 5.41) is 8.87. The van der Waals surface area contributed by atoms with Crippen LogP contribution in [0.3, 0.4) is 0 Å². The molecule has 1 fully saturated rings. The minimum Gasteiger partial charge on any atom is -0.481 e. The van der Waals surface area contributed by atoms with E-state index < -0.39 is 5.97 Å². The Morgan fingerprint density at radius 1 is 1.59 bits per heavy atom. The van der Waals surface area contributed by atoms with Crippen LogP contribution in [0.2, 0.25) is 0 Å². The Morgan fingerprint density at radius 3 is 3.06 bits per heavy atom. The molecule has 4 heteroatoms. The van der Waals surface area contributed by atoms with Crippen LogP contribution in [0.4, 0.5) is 0 Å². The van der Waals surface area contributed by atoms with Gasteiger partial charge in [0, 0.05) is 5.92 Å². The zero-order valence-electron chi connectivity index (χ0n) is 9.51. The summed E-state index contributed by atoms with van der Waals surface area (Å²) in [5.41, 5.74) is 2.78. The first-order chi connectivity index (χ1) is 8.19. The van der Waals surface area contributed by atoms with E-state index in [-0.39, 0.29) is 11.8 Å². The number of carbonyl (C=O) groups is 1. The molecule has 0 bridgehead atoms. The number of aryl methyl sites for hydroxylation is 1. The number of rotatable bonds is 3. The number of hydrogen-bond donors (Lipinski definition) is 1. The molecule has 0 spiro atoms. The van der Waals surface area contributed by atoms with Gasteiger partial charge in [-0.05, 0) is 30.5 Å². The highest BCUT2D eigenvalue weighted by Crippen LogP contribution is 2.47. The average Bonchev–Trinajstić information content (AvgIpc) is 3.02. The van der Waals surface area contributed by atoms with E-state index in [9.17, 15) is 4.79 Å². The van der Waals surface area contributed by atoms with Gasteiger partial charge in [-0.15, -0.1) is 0 Å². The standard InChI is InChI=1S/C13H13NO3/c1-2-7-3-4-11-10(5-7)14-12(17-11)8-6-9(8)13(15)16/h3-5,8-9H,2,6H2,1H3,(H,15,16). The summed E-state index contributed by atoms with van der Waals surface area (Å²) in [4.78, 5) is 15.2. The molecule has 1 heterocycles. The Morgan fingerprint density at radius 2 is 2.41 bits per heavy atom. The van der Waals surface area contributed by atoms with Gasteiger partial charge in [-0.3, -0.25) is 4.79 Å². The maximum absolute atomic E-state index is 10.8. The van der Waals surface area contributed by atoms with Gasteiger partial charge in [0.25, 0.3) is 0 Å². The van der Waals surface area contributed by atoms with Gasteiger partial charge < -0.3 is 9.52 Å². The van der Waals surface area contributed by atoms with Crippen molar-refractivity contribution in [2.75, 3.05) is 0 Å². The van der Waals surface area contributed by atoms with Crippen molar-refractivity contribution in [2.24, 2.45) is 5.92 Å². The highest BCUT2D eigenvalue weighted by molar-refractivity contribution is 5.76. The van der Waals surface area contributed by atoms with Crippen molar-refractivity contribution in [3.63, 3.8) is 0 Å². The first-order valence-corrected chi connectivity index (χ1v) is 5.81. The number of carboxylic acids is 1. The smallest absolute Gasteiger partial charge is 0.307 e. The fourth-order valence-corrected chi connectivity index (χ4v) is 2.11. The van der Waals surface area contributed by atoms with Crippen molar-refractivity contribution in [3.05, 3.63) is 29.7 Å². The van der Waals surface area contributed by atoms with Crippen LogP contribution in [0.25, 0.3) is 11.1 Å².